The van der Waals surface area contributed by atoms with E-state index in [4.69, 9.17) is 11.6 Å². The normalized spacial score (nSPS) is 10.7. The largest absolute Gasteiger partial charge is 0.322 e. The number of para-hydroxylation sites is 2. The van der Waals surface area contributed by atoms with Crippen molar-refractivity contribution >= 4 is 34.2 Å². The summed E-state index contributed by atoms with van der Waals surface area (Å²) >= 11 is 6.37. The van der Waals surface area contributed by atoms with Crippen LogP contribution in [0, 0.1) is 6.92 Å². The summed E-state index contributed by atoms with van der Waals surface area (Å²) in [6.45, 7) is 5.08. The van der Waals surface area contributed by atoms with Crippen molar-refractivity contribution in [1.29, 1.82) is 0 Å². The molecule has 26 heavy (non-hydrogen) atoms. The first kappa shape index (κ1) is 18.2. The van der Waals surface area contributed by atoms with Crippen LogP contribution >= 0.6 is 11.6 Å². The number of hydrogen-bond donors (Lipinski definition) is 1. The molecule has 0 atom stereocenters. The number of fused-ring (bicyclic) bond motifs is 1. The topological polar surface area (TPSA) is 45.2 Å². The van der Waals surface area contributed by atoms with Crippen LogP contribution in [0.15, 0.2) is 54.6 Å². The molecule has 1 heterocycles. The van der Waals surface area contributed by atoms with Gasteiger partial charge >= 0.3 is 6.03 Å². The van der Waals surface area contributed by atoms with Crippen LogP contribution in [0.5, 0.6) is 0 Å². The second-order valence-electron chi connectivity index (χ2n) is 6.30. The maximum Gasteiger partial charge on any atom is 0.322 e. The number of urea groups is 1. The second kappa shape index (κ2) is 8.19. The number of pyridine rings is 1. The highest BCUT2D eigenvalue weighted by molar-refractivity contribution is 6.30. The Morgan fingerprint density at radius 3 is 2.65 bits per heavy atom. The molecule has 0 bridgehead atoms. The first-order chi connectivity index (χ1) is 12.6. The Balaban J connectivity index is 1.83. The number of halogens is 1. The molecule has 1 aromatic heterocycles. The number of carbonyl (C=O) groups excluding carboxylic acids is 1. The van der Waals surface area contributed by atoms with Gasteiger partial charge in [0.1, 0.15) is 5.15 Å². The summed E-state index contributed by atoms with van der Waals surface area (Å²) < 4.78 is 0. The van der Waals surface area contributed by atoms with E-state index in [1.807, 2.05) is 68.4 Å². The Morgan fingerprint density at radius 2 is 1.88 bits per heavy atom. The van der Waals surface area contributed by atoms with Gasteiger partial charge in [0.15, 0.2) is 0 Å². The number of carbonyl (C=O) groups is 1. The highest BCUT2D eigenvalue weighted by Gasteiger charge is 2.16. The second-order valence-corrected chi connectivity index (χ2v) is 6.66. The van der Waals surface area contributed by atoms with Crippen molar-refractivity contribution in [1.82, 2.24) is 9.88 Å². The lowest BCUT2D eigenvalue weighted by Crippen LogP contribution is -2.35. The van der Waals surface area contributed by atoms with Crippen molar-refractivity contribution in [3.63, 3.8) is 0 Å². The molecule has 0 aliphatic rings. The van der Waals surface area contributed by atoms with Crippen molar-refractivity contribution in [3.05, 3.63) is 70.9 Å². The summed E-state index contributed by atoms with van der Waals surface area (Å²) in [7, 11) is 0. The van der Waals surface area contributed by atoms with E-state index in [-0.39, 0.29) is 6.03 Å². The lowest BCUT2D eigenvalue weighted by Gasteiger charge is -2.23. The Hall–Kier alpha value is -2.59. The zero-order chi connectivity index (χ0) is 18.5. The van der Waals surface area contributed by atoms with Crippen LogP contribution < -0.4 is 5.32 Å². The van der Waals surface area contributed by atoms with E-state index < -0.39 is 0 Å². The number of amides is 2. The molecule has 4 nitrogen and oxygen atoms in total. The third-order valence-corrected chi connectivity index (χ3v) is 4.61. The van der Waals surface area contributed by atoms with Gasteiger partial charge in [-0.05, 0) is 37.1 Å². The third kappa shape index (κ3) is 4.14. The monoisotopic (exact) mass is 367 g/mol. The minimum atomic E-state index is -0.134. The third-order valence-electron chi connectivity index (χ3n) is 4.28. The quantitative estimate of drug-likeness (QED) is 0.593. The SMILES string of the molecule is CCCN(Cc1cc2ccccc2nc1Cl)C(=O)Nc1ccccc1C. The fourth-order valence-electron chi connectivity index (χ4n) is 2.88. The van der Waals surface area contributed by atoms with E-state index >= 15 is 0 Å². The lowest BCUT2D eigenvalue weighted by atomic mass is 10.1. The molecular weight excluding hydrogens is 346 g/mol. The number of benzene rings is 2. The van der Waals surface area contributed by atoms with Gasteiger partial charge in [0.05, 0.1) is 12.1 Å². The Bertz CT molecular complexity index is 926. The number of rotatable bonds is 5. The van der Waals surface area contributed by atoms with Crippen LogP contribution in [0.1, 0.15) is 24.5 Å². The van der Waals surface area contributed by atoms with Crippen LogP contribution in [0.2, 0.25) is 5.15 Å². The smallest absolute Gasteiger partial charge is 0.320 e. The van der Waals surface area contributed by atoms with Crippen molar-refractivity contribution < 1.29 is 4.79 Å². The van der Waals surface area contributed by atoms with E-state index in [1.54, 1.807) is 4.90 Å². The van der Waals surface area contributed by atoms with Gasteiger partial charge in [0.2, 0.25) is 0 Å². The molecule has 0 unspecified atom stereocenters. The molecule has 3 rings (SSSR count). The van der Waals surface area contributed by atoms with E-state index in [9.17, 15) is 4.79 Å². The maximum absolute atomic E-state index is 12.8. The molecule has 2 amide bonds. The van der Waals surface area contributed by atoms with Crippen LogP contribution in [-0.2, 0) is 6.54 Å². The highest BCUT2D eigenvalue weighted by Crippen LogP contribution is 2.22. The van der Waals surface area contributed by atoms with Gasteiger partial charge < -0.3 is 10.2 Å². The summed E-state index contributed by atoms with van der Waals surface area (Å²) in [5, 5.41) is 4.45. The van der Waals surface area contributed by atoms with Crippen LogP contribution in [0.3, 0.4) is 0 Å². The average Bonchev–Trinajstić information content (AvgIpc) is 2.63. The molecule has 0 aliphatic carbocycles. The molecule has 0 fully saturated rings. The molecule has 3 aromatic rings. The van der Waals surface area contributed by atoms with Crippen LogP contribution in [-0.4, -0.2) is 22.5 Å². The van der Waals surface area contributed by atoms with E-state index in [1.165, 1.54) is 0 Å². The minimum Gasteiger partial charge on any atom is -0.320 e. The van der Waals surface area contributed by atoms with Crippen LogP contribution in [0.25, 0.3) is 10.9 Å². The predicted molar refractivity (Wildman–Crippen MR) is 108 cm³/mol. The molecule has 0 radical (unpaired) electrons. The Morgan fingerprint density at radius 1 is 1.15 bits per heavy atom. The van der Waals surface area contributed by atoms with Crippen molar-refractivity contribution in [2.24, 2.45) is 0 Å². The molecule has 134 valence electrons. The fourth-order valence-corrected chi connectivity index (χ4v) is 3.09. The van der Waals surface area contributed by atoms with E-state index in [2.05, 4.69) is 10.3 Å². The summed E-state index contributed by atoms with van der Waals surface area (Å²) in [5.74, 6) is 0. The standard InChI is InChI=1S/C21H22ClN3O/c1-3-12-25(21(26)24-18-10-6-4-8-15(18)2)14-17-13-16-9-5-7-11-19(16)23-20(17)22/h4-11,13H,3,12,14H2,1-2H3,(H,24,26). The number of aromatic nitrogens is 1. The fraction of sp³-hybridized carbons (Fsp3) is 0.238. The predicted octanol–water partition coefficient (Wildman–Crippen LogP) is 5.64. The van der Waals surface area contributed by atoms with Gasteiger partial charge in [-0.3, -0.25) is 0 Å². The Kier molecular flexibility index (Phi) is 5.74. The van der Waals surface area contributed by atoms with Gasteiger partial charge in [-0.25, -0.2) is 9.78 Å². The van der Waals surface area contributed by atoms with Crippen molar-refractivity contribution in [2.45, 2.75) is 26.8 Å². The first-order valence-electron chi connectivity index (χ1n) is 8.74. The molecule has 5 heteroatoms. The number of aryl methyl sites for hydroxylation is 1. The summed E-state index contributed by atoms with van der Waals surface area (Å²) in [5.41, 5.74) is 3.55. The summed E-state index contributed by atoms with van der Waals surface area (Å²) in [4.78, 5) is 19.0. The van der Waals surface area contributed by atoms with E-state index in [0.29, 0.717) is 18.2 Å². The van der Waals surface area contributed by atoms with Gasteiger partial charge in [0.25, 0.3) is 0 Å². The molecule has 2 aromatic carbocycles. The van der Waals surface area contributed by atoms with Crippen molar-refractivity contribution in [3.8, 4) is 0 Å². The zero-order valence-corrected chi connectivity index (χ0v) is 15.8. The molecule has 0 aliphatic heterocycles. The summed E-state index contributed by atoms with van der Waals surface area (Å²) in [6.07, 6.45) is 0.861. The van der Waals surface area contributed by atoms with Gasteiger partial charge in [-0.2, -0.15) is 0 Å². The lowest BCUT2D eigenvalue weighted by molar-refractivity contribution is 0.209. The molecule has 1 N–H and O–H groups in total. The van der Waals surface area contributed by atoms with Crippen molar-refractivity contribution in [2.75, 3.05) is 11.9 Å². The zero-order valence-electron chi connectivity index (χ0n) is 15.0. The minimum absolute atomic E-state index is 0.134. The molecule has 0 saturated heterocycles. The van der Waals surface area contributed by atoms with Gasteiger partial charge in [-0.1, -0.05) is 54.9 Å². The van der Waals surface area contributed by atoms with E-state index in [0.717, 1.165) is 34.1 Å². The highest BCUT2D eigenvalue weighted by atomic mass is 35.5. The Labute approximate surface area is 158 Å². The van der Waals surface area contributed by atoms with Gasteiger partial charge in [0, 0.05) is 23.2 Å². The molecule has 0 saturated carbocycles. The summed E-state index contributed by atoms with van der Waals surface area (Å²) in [6, 6.07) is 17.5. The van der Waals surface area contributed by atoms with Gasteiger partial charge in [-0.15, -0.1) is 0 Å². The first-order valence-corrected chi connectivity index (χ1v) is 9.12. The number of hydrogen-bond acceptors (Lipinski definition) is 2. The number of nitrogens with one attached hydrogen (secondary N) is 1. The molecular formula is C21H22ClN3O. The maximum atomic E-state index is 12.8. The van der Waals surface area contributed by atoms with Crippen LogP contribution in [0.4, 0.5) is 10.5 Å². The molecule has 0 spiro atoms. The number of anilines is 1. The number of nitrogens with zero attached hydrogens (tertiary/aromatic N) is 2. The average molecular weight is 368 g/mol.